The van der Waals surface area contributed by atoms with Gasteiger partial charge in [0.1, 0.15) is 11.6 Å². The van der Waals surface area contributed by atoms with Crippen LogP contribution in [0.1, 0.15) is 47.9 Å². The van der Waals surface area contributed by atoms with Crippen LogP contribution in [0.3, 0.4) is 0 Å². The Morgan fingerprint density at radius 3 is 2.68 bits per heavy atom. The van der Waals surface area contributed by atoms with Crippen LogP contribution in [0.15, 0.2) is 48.5 Å². The first kappa shape index (κ1) is 16.3. The normalized spacial score (nSPS) is 16.8. The van der Waals surface area contributed by atoms with Crippen LogP contribution in [0.2, 0.25) is 0 Å². The highest BCUT2D eigenvalue weighted by Gasteiger charge is 2.23. The van der Waals surface area contributed by atoms with Crippen LogP contribution in [0.4, 0.5) is 8.78 Å². The standard InChI is InChI=1S/C23H22F2/c1-2-3-15-4-10-21-17(12-15)8-11-22(23(21)25)18-6-5-16-7-9-20(24)14-19(16)13-18/h4,7-12,14,18H,2-3,5-6,13H2,1H3. The summed E-state index contributed by atoms with van der Waals surface area (Å²) >= 11 is 0. The van der Waals surface area contributed by atoms with E-state index in [0.29, 0.717) is 11.8 Å². The lowest BCUT2D eigenvalue weighted by molar-refractivity contribution is 0.535. The van der Waals surface area contributed by atoms with Crippen molar-refractivity contribution in [3.05, 3.63) is 82.4 Å². The summed E-state index contributed by atoms with van der Waals surface area (Å²) in [5, 5.41) is 1.66. The number of rotatable bonds is 3. The van der Waals surface area contributed by atoms with Crippen molar-refractivity contribution in [2.24, 2.45) is 0 Å². The van der Waals surface area contributed by atoms with Gasteiger partial charge in [0.2, 0.25) is 0 Å². The summed E-state index contributed by atoms with van der Waals surface area (Å²) in [4.78, 5) is 0. The SMILES string of the molecule is CCCc1ccc2c(F)c(C3CCc4ccc(F)cc4C3)ccc2c1. The van der Waals surface area contributed by atoms with Gasteiger partial charge in [-0.25, -0.2) is 8.78 Å². The molecule has 1 aliphatic carbocycles. The number of fused-ring (bicyclic) bond motifs is 2. The number of benzene rings is 3. The molecule has 0 saturated carbocycles. The number of hydrogen-bond donors (Lipinski definition) is 0. The second kappa shape index (κ2) is 6.59. The summed E-state index contributed by atoms with van der Waals surface area (Å²) in [5.41, 5.74) is 4.24. The lowest BCUT2D eigenvalue weighted by Crippen LogP contribution is -2.14. The zero-order valence-corrected chi connectivity index (χ0v) is 14.5. The van der Waals surface area contributed by atoms with Crippen LogP contribution >= 0.6 is 0 Å². The fourth-order valence-electron chi connectivity index (χ4n) is 4.11. The first-order valence-corrected chi connectivity index (χ1v) is 9.14. The molecule has 0 N–H and O–H groups in total. The van der Waals surface area contributed by atoms with Gasteiger partial charge in [0, 0.05) is 5.39 Å². The Hall–Kier alpha value is -2.22. The van der Waals surface area contributed by atoms with Crippen molar-refractivity contribution in [3.63, 3.8) is 0 Å². The predicted octanol–water partition coefficient (Wildman–Crippen LogP) is 6.34. The van der Waals surface area contributed by atoms with Gasteiger partial charge in [0.05, 0.1) is 0 Å². The third-order valence-electron chi connectivity index (χ3n) is 5.42. The van der Waals surface area contributed by atoms with Crippen molar-refractivity contribution >= 4 is 10.8 Å². The molecule has 0 saturated heterocycles. The molecule has 0 amide bonds. The zero-order valence-electron chi connectivity index (χ0n) is 14.5. The molecule has 1 atom stereocenters. The average Bonchev–Trinajstić information content (AvgIpc) is 2.61. The maximum absolute atomic E-state index is 15.2. The first-order chi connectivity index (χ1) is 12.2. The summed E-state index contributed by atoms with van der Waals surface area (Å²) < 4.78 is 28.7. The molecule has 3 aromatic rings. The van der Waals surface area contributed by atoms with E-state index >= 15 is 4.39 Å². The number of halogens is 2. The Labute approximate surface area is 147 Å². The molecule has 0 radical (unpaired) electrons. The van der Waals surface area contributed by atoms with Crippen LogP contribution in [-0.2, 0) is 19.3 Å². The van der Waals surface area contributed by atoms with E-state index < -0.39 is 0 Å². The van der Waals surface area contributed by atoms with E-state index in [1.165, 1.54) is 17.2 Å². The van der Waals surface area contributed by atoms with Crippen molar-refractivity contribution in [3.8, 4) is 0 Å². The molecule has 0 aromatic heterocycles. The molecule has 0 spiro atoms. The fraction of sp³-hybridized carbons (Fsp3) is 0.304. The van der Waals surface area contributed by atoms with Crippen LogP contribution in [-0.4, -0.2) is 0 Å². The van der Waals surface area contributed by atoms with E-state index in [9.17, 15) is 4.39 Å². The van der Waals surface area contributed by atoms with Gasteiger partial charge < -0.3 is 0 Å². The molecule has 25 heavy (non-hydrogen) atoms. The molecular formula is C23H22F2. The van der Waals surface area contributed by atoms with Gasteiger partial charge in [0.25, 0.3) is 0 Å². The number of hydrogen-bond acceptors (Lipinski definition) is 0. The largest absolute Gasteiger partial charge is 0.207 e. The van der Waals surface area contributed by atoms with Crippen molar-refractivity contribution in [1.82, 2.24) is 0 Å². The summed E-state index contributed by atoms with van der Waals surface area (Å²) in [6.45, 7) is 2.15. The van der Waals surface area contributed by atoms with E-state index in [1.54, 1.807) is 6.07 Å². The molecular weight excluding hydrogens is 314 g/mol. The molecule has 0 nitrogen and oxygen atoms in total. The minimum atomic E-state index is -0.207. The van der Waals surface area contributed by atoms with E-state index in [2.05, 4.69) is 13.0 Å². The average molecular weight is 336 g/mol. The van der Waals surface area contributed by atoms with E-state index in [0.717, 1.165) is 42.2 Å². The van der Waals surface area contributed by atoms with Crippen LogP contribution in [0.5, 0.6) is 0 Å². The van der Waals surface area contributed by atoms with Crippen molar-refractivity contribution in [2.75, 3.05) is 0 Å². The molecule has 0 heterocycles. The van der Waals surface area contributed by atoms with Crippen molar-refractivity contribution < 1.29 is 8.78 Å². The Morgan fingerprint density at radius 2 is 1.84 bits per heavy atom. The lowest BCUT2D eigenvalue weighted by Gasteiger charge is -2.25. The minimum absolute atomic E-state index is 0.106. The zero-order chi connectivity index (χ0) is 17.4. The molecule has 1 aliphatic rings. The summed E-state index contributed by atoms with van der Waals surface area (Å²) in [6.07, 6.45) is 4.61. The molecule has 0 bridgehead atoms. The first-order valence-electron chi connectivity index (χ1n) is 9.14. The Balaban J connectivity index is 1.70. The van der Waals surface area contributed by atoms with Crippen LogP contribution < -0.4 is 0 Å². The molecule has 3 aromatic carbocycles. The van der Waals surface area contributed by atoms with Crippen molar-refractivity contribution in [1.29, 1.82) is 0 Å². The van der Waals surface area contributed by atoms with Gasteiger partial charge in [-0.1, -0.05) is 49.7 Å². The highest BCUT2D eigenvalue weighted by molar-refractivity contribution is 5.84. The molecule has 0 aliphatic heterocycles. The van der Waals surface area contributed by atoms with E-state index in [1.807, 2.05) is 30.3 Å². The van der Waals surface area contributed by atoms with Gasteiger partial charge in [-0.15, -0.1) is 0 Å². The summed E-state index contributed by atoms with van der Waals surface area (Å²) in [5.74, 6) is -0.193. The Kier molecular flexibility index (Phi) is 4.29. The highest BCUT2D eigenvalue weighted by Crippen LogP contribution is 2.36. The maximum Gasteiger partial charge on any atom is 0.134 e. The minimum Gasteiger partial charge on any atom is -0.207 e. The second-order valence-electron chi connectivity index (χ2n) is 7.13. The molecule has 0 fully saturated rings. The number of aryl methyl sites for hydroxylation is 2. The van der Waals surface area contributed by atoms with Crippen molar-refractivity contribution in [2.45, 2.75) is 44.9 Å². The maximum atomic E-state index is 15.2. The van der Waals surface area contributed by atoms with Crippen LogP contribution in [0, 0.1) is 11.6 Å². The van der Waals surface area contributed by atoms with Gasteiger partial charge in [-0.05, 0) is 71.4 Å². The molecule has 1 unspecified atom stereocenters. The second-order valence-corrected chi connectivity index (χ2v) is 7.13. The monoisotopic (exact) mass is 336 g/mol. The third kappa shape index (κ3) is 3.06. The quantitative estimate of drug-likeness (QED) is 0.523. The highest BCUT2D eigenvalue weighted by atomic mass is 19.1. The topological polar surface area (TPSA) is 0 Å². The van der Waals surface area contributed by atoms with Gasteiger partial charge >= 0.3 is 0 Å². The lowest BCUT2D eigenvalue weighted by atomic mass is 9.79. The molecule has 2 heteroatoms. The molecule has 4 rings (SSSR count). The summed E-state index contributed by atoms with van der Waals surface area (Å²) in [7, 11) is 0. The van der Waals surface area contributed by atoms with Gasteiger partial charge in [0.15, 0.2) is 0 Å². The Morgan fingerprint density at radius 1 is 0.960 bits per heavy atom. The van der Waals surface area contributed by atoms with Crippen LogP contribution in [0.25, 0.3) is 10.8 Å². The fourth-order valence-corrected chi connectivity index (χ4v) is 4.11. The summed E-state index contributed by atoms with van der Waals surface area (Å²) in [6, 6.07) is 15.0. The van der Waals surface area contributed by atoms with E-state index in [4.69, 9.17) is 0 Å². The van der Waals surface area contributed by atoms with Gasteiger partial charge in [-0.2, -0.15) is 0 Å². The third-order valence-corrected chi connectivity index (χ3v) is 5.42. The smallest absolute Gasteiger partial charge is 0.134 e. The molecule has 128 valence electrons. The van der Waals surface area contributed by atoms with E-state index in [-0.39, 0.29) is 17.6 Å². The van der Waals surface area contributed by atoms with Gasteiger partial charge in [-0.3, -0.25) is 0 Å². The Bertz CT molecular complexity index is 927. The predicted molar refractivity (Wildman–Crippen MR) is 99.1 cm³/mol.